The van der Waals surface area contributed by atoms with Gasteiger partial charge in [-0.2, -0.15) is 5.10 Å². The predicted octanol–water partition coefficient (Wildman–Crippen LogP) is 3.33. The summed E-state index contributed by atoms with van der Waals surface area (Å²) < 4.78 is 2.10. The lowest BCUT2D eigenvalue weighted by Gasteiger charge is -2.33. The minimum Gasteiger partial charge on any atom is -0.382 e. The molecule has 0 aliphatic carbocycles. The summed E-state index contributed by atoms with van der Waals surface area (Å²) in [6, 6.07) is 11.4. The number of hydrogen-bond donors (Lipinski definition) is 1. The summed E-state index contributed by atoms with van der Waals surface area (Å²) >= 11 is 0. The highest BCUT2D eigenvalue weighted by Crippen LogP contribution is 2.18. The van der Waals surface area contributed by atoms with E-state index in [-0.39, 0.29) is 0 Å². The molecule has 0 spiro atoms. The van der Waals surface area contributed by atoms with Crippen LogP contribution in [0.5, 0.6) is 0 Å². The molecule has 0 unspecified atom stereocenters. The van der Waals surface area contributed by atoms with Gasteiger partial charge in [-0.3, -0.25) is 4.68 Å². The minimum absolute atomic E-state index is 0.606. The first-order valence-corrected chi connectivity index (χ1v) is 8.81. The lowest BCUT2D eigenvalue weighted by molar-refractivity contribution is 0.220. The van der Waals surface area contributed by atoms with Gasteiger partial charge in [-0.25, -0.2) is 0 Å². The van der Waals surface area contributed by atoms with Crippen LogP contribution in [-0.4, -0.2) is 40.4 Å². The molecule has 0 radical (unpaired) electrons. The van der Waals surface area contributed by atoms with E-state index in [2.05, 4.69) is 64.2 Å². The summed E-state index contributed by atoms with van der Waals surface area (Å²) in [5, 5.41) is 8.04. The fraction of sp³-hybridized carbons (Fsp3) is 0.526. The summed E-state index contributed by atoms with van der Waals surface area (Å²) in [6.07, 6.45) is 5.46. The van der Waals surface area contributed by atoms with Gasteiger partial charge in [0.05, 0.1) is 0 Å². The molecule has 1 fully saturated rings. The molecule has 3 rings (SSSR count). The van der Waals surface area contributed by atoms with E-state index < -0.39 is 0 Å². The van der Waals surface area contributed by atoms with E-state index in [9.17, 15) is 0 Å². The van der Waals surface area contributed by atoms with E-state index in [4.69, 9.17) is 0 Å². The third-order valence-corrected chi connectivity index (χ3v) is 4.76. The number of benzene rings is 1. The van der Waals surface area contributed by atoms with Gasteiger partial charge in [-0.1, -0.05) is 12.1 Å². The second kappa shape index (κ2) is 7.64. The van der Waals surface area contributed by atoms with Crippen molar-refractivity contribution in [2.75, 3.05) is 25.0 Å². The normalized spacial score (nSPS) is 16.6. The van der Waals surface area contributed by atoms with Gasteiger partial charge in [0.15, 0.2) is 0 Å². The van der Waals surface area contributed by atoms with Crippen LogP contribution in [0.15, 0.2) is 36.5 Å². The maximum Gasteiger partial charge on any atom is 0.0492 e. The zero-order chi connectivity index (χ0) is 16.1. The highest BCUT2D eigenvalue weighted by atomic mass is 15.3. The van der Waals surface area contributed by atoms with Crippen molar-refractivity contribution < 1.29 is 0 Å². The van der Waals surface area contributed by atoms with Crippen molar-refractivity contribution in [2.24, 2.45) is 0 Å². The molecule has 2 aromatic rings. The van der Waals surface area contributed by atoms with Crippen molar-refractivity contribution >= 4 is 5.69 Å². The van der Waals surface area contributed by atoms with E-state index >= 15 is 0 Å². The lowest BCUT2D eigenvalue weighted by atomic mass is 10.0. The molecule has 0 amide bonds. The number of aromatic nitrogens is 2. The largest absolute Gasteiger partial charge is 0.382 e. The van der Waals surface area contributed by atoms with Gasteiger partial charge in [-0.15, -0.1) is 0 Å². The SMILES string of the molecule is CCn1nccc1CCN1CCC(Nc2cccc(C)c2)CC1. The van der Waals surface area contributed by atoms with E-state index in [0.29, 0.717) is 6.04 Å². The molecule has 124 valence electrons. The number of hydrogen-bond acceptors (Lipinski definition) is 3. The maximum absolute atomic E-state index is 4.35. The van der Waals surface area contributed by atoms with Crippen LogP contribution < -0.4 is 5.32 Å². The maximum atomic E-state index is 4.35. The van der Waals surface area contributed by atoms with Gasteiger partial charge < -0.3 is 10.2 Å². The summed E-state index contributed by atoms with van der Waals surface area (Å²) in [6.45, 7) is 8.77. The van der Waals surface area contributed by atoms with Gasteiger partial charge in [0.2, 0.25) is 0 Å². The van der Waals surface area contributed by atoms with E-state index in [1.54, 1.807) is 0 Å². The quantitative estimate of drug-likeness (QED) is 0.888. The first kappa shape index (κ1) is 16.1. The Hall–Kier alpha value is -1.81. The first-order valence-electron chi connectivity index (χ1n) is 8.81. The Morgan fingerprint density at radius 3 is 2.78 bits per heavy atom. The number of nitrogens with zero attached hydrogens (tertiary/aromatic N) is 3. The number of nitrogens with one attached hydrogen (secondary N) is 1. The monoisotopic (exact) mass is 312 g/mol. The average Bonchev–Trinajstić information content (AvgIpc) is 3.02. The smallest absolute Gasteiger partial charge is 0.0492 e. The molecule has 0 saturated carbocycles. The third kappa shape index (κ3) is 4.35. The molecule has 23 heavy (non-hydrogen) atoms. The number of likely N-dealkylation sites (tertiary alicyclic amines) is 1. The third-order valence-electron chi connectivity index (χ3n) is 4.76. The molecule has 0 atom stereocenters. The van der Waals surface area contributed by atoms with E-state index in [0.717, 1.165) is 19.5 Å². The predicted molar refractivity (Wildman–Crippen MR) is 95.9 cm³/mol. The van der Waals surface area contributed by atoms with E-state index in [1.165, 1.54) is 42.9 Å². The number of rotatable bonds is 6. The fourth-order valence-electron chi connectivity index (χ4n) is 3.40. The Balaban J connectivity index is 1.43. The average molecular weight is 312 g/mol. The van der Waals surface area contributed by atoms with Crippen LogP contribution in [0.2, 0.25) is 0 Å². The van der Waals surface area contributed by atoms with Crippen LogP contribution >= 0.6 is 0 Å². The molecule has 1 aromatic heterocycles. The Bertz CT molecular complexity index is 611. The lowest BCUT2D eigenvalue weighted by Crippen LogP contribution is -2.40. The molecule has 1 aliphatic rings. The molecular weight excluding hydrogens is 284 g/mol. The molecule has 2 heterocycles. The molecule has 1 N–H and O–H groups in total. The van der Waals surface area contributed by atoms with Crippen molar-refractivity contribution in [2.45, 2.75) is 45.7 Å². The fourth-order valence-corrected chi connectivity index (χ4v) is 3.40. The van der Waals surface area contributed by atoms with Gasteiger partial charge in [0.1, 0.15) is 0 Å². The Morgan fingerprint density at radius 2 is 2.04 bits per heavy atom. The highest BCUT2D eigenvalue weighted by molar-refractivity contribution is 5.46. The van der Waals surface area contributed by atoms with Crippen molar-refractivity contribution in [3.8, 4) is 0 Å². The van der Waals surface area contributed by atoms with Crippen molar-refractivity contribution in [1.82, 2.24) is 14.7 Å². The van der Waals surface area contributed by atoms with Crippen LogP contribution in [0.25, 0.3) is 0 Å². The van der Waals surface area contributed by atoms with Crippen molar-refractivity contribution in [3.05, 3.63) is 47.8 Å². The minimum atomic E-state index is 0.606. The highest BCUT2D eigenvalue weighted by Gasteiger charge is 2.19. The Labute approximate surface area is 139 Å². The molecule has 1 aliphatic heterocycles. The Morgan fingerprint density at radius 1 is 1.22 bits per heavy atom. The Kier molecular flexibility index (Phi) is 5.34. The van der Waals surface area contributed by atoms with Crippen LogP contribution in [0.4, 0.5) is 5.69 Å². The summed E-state index contributed by atoms with van der Waals surface area (Å²) in [5.74, 6) is 0. The molecular formula is C19H28N4. The van der Waals surface area contributed by atoms with Crippen molar-refractivity contribution in [1.29, 1.82) is 0 Å². The van der Waals surface area contributed by atoms with Gasteiger partial charge in [-0.05, 0) is 50.5 Å². The topological polar surface area (TPSA) is 33.1 Å². The summed E-state index contributed by atoms with van der Waals surface area (Å²) in [7, 11) is 0. The summed E-state index contributed by atoms with van der Waals surface area (Å²) in [4.78, 5) is 2.58. The molecule has 1 saturated heterocycles. The number of aryl methyl sites for hydroxylation is 2. The summed E-state index contributed by atoms with van der Waals surface area (Å²) in [5.41, 5.74) is 3.93. The van der Waals surface area contributed by atoms with Crippen LogP contribution in [0.1, 0.15) is 31.0 Å². The van der Waals surface area contributed by atoms with Crippen LogP contribution in [0.3, 0.4) is 0 Å². The van der Waals surface area contributed by atoms with E-state index in [1.807, 2.05) is 6.20 Å². The molecule has 4 heteroatoms. The van der Waals surface area contributed by atoms with Gasteiger partial charge in [0, 0.05) is 56.2 Å². The van der Waals surface area contributed by atoms with Crippen molar-refractivity contribution in [3.63, 3.8) is 0 Å². The zero-order valence-corrected chi connectivity index (χ0v) is 14.3. The first-order chi connectivity index (χ1) is 11.2. The molecule has 0 bridgehead atoms. The second-order valence-electron chi connectivity index (χ2n) is 6.52. The van der Waals surface area contributed by atoms with Crippen LogP contribution in [0, 0.1) is 6.92 Å². The number of piperidine rings is 1. The standard InChI is InChI=1S/C19H28N4/c1-3-23-19(7-11-20-23)10-14-22-12-8-17(9-13-22)21-18-6-4-5-16(2)15-18/h4-7,11,15,17,21H,3,8-10,12-14H2,1-2H3. The van der Waals surface area contributed by atoms with Gasteiger partial charge >= 0.3 is 0 Å². The number of anilines is 1. The second-order valence-corrected chi connectivity index (χ2v) is 6.52. The zero-order valence-electron chi connectivity index (χ0n) is 14.3. The molecule has 1 aromatic carbocycles. The van der Waals surface area contributed by atoms with Gasteiger partial charge in [0.25, 0.3) is 0 Å². The molecule has 4 nitrogen and oxygen atoms in total. The van der Waals surface area contributed by atoms with Crippen LogP contribution in [-0.2, 0) is 13.0 Å².